The van der Waals surface area contributed by atoms with Crippen LogP contribution in [0.4, 0.5) is 0 Å². The summed E-state index contributed by atoms with van der Waals surface area (Å²) in [6.45, 7) is 12.7. The normalized spacial score (nSPS) is 33.2. The van der Waals surface area contributed by atoms with Gasteiger partial charge in [-0.15, -0.1) is 0 Å². The number of rotatable bonds is 12. The van der Waals surface area contributed by atoms with Gasteiger partial charge >= 0.3 is 5.97 Å². The van der Waals surface area contributed by atoms with Crippen LogP contribution in [0.3, 0.4) is 0 Å². The Balaban J connectivity index is 1.46. The number of carbonyl (C=O) groups excluding carboxylic acids is 3. The van der Waals surface area contributed by atoms with E-state index in [1.54, 1.807) is 13.0 Å². The Bertz CT molecular complexity index is 971. The third kappa shape index (κ3) is 10.5. The summed E-state index contributed by atoms with van der Waals surface area (Å²) in [4.78, 5) is 35.6. The van der Waals surface area contributed by atoms with E-state index in [-0.39, 0.29) is 59.8 Å². The summed E-state index contributed by atoms with van der Waals surface area (Å²) in [5.74, 6) is -0.302. The Kier molecular flexibility index (Phi) is 12.0. The van der Waals surface area contributed by atoms with Crippen LogP contribution in [0.2, 0.25) is 0 Å². The number of epoxide rings is 1. The molecule has 2 amide bonds. The molecule has 3 fully saturated rings. The van der Waals surface area contributed by atoms with Crippen LogP contribution < -0.4 is 10.6 Å². The van der Waals surface area contributed by atoms with Crippen molar-refractivity contribution in [2.24, 2.45) is 5.92 Å². The predicted molar refractivity (Wildman–Crippen MR) is 152 cm³/mol. The lowest BCUT2D eigenvalue weighted by Gasteiger charge is -2.39. The molecule has 2 N–H and O–H groups in total. The van der Waals surface area contributed by atoms with E-state index in [1.807, 2.05) is 13.8 Å². The first kappa shape index (κ1) is 32.0. The molecule has 3 aliphatic heterocycles. The van der Waals surface area contributed by atoms with E-state index in [0.717, 1.165) is 44.3 Å². The topological polar surface area (TPSA) is 115 Å². The summed E-state index contributed by atoms with van der Waals surface area (Å²) >= 11 is 0. The van der Waals surface area contributed by atoms with E-state index in [1.165, 1.54) is 13.0 Å². The molecule has 0 aromatic rings. The van der Waals surface area contributed by atoms with Gasteiger partial charge in [-0.1, -0.05) is 37.6 Å². The smallest absolute Gasteiger partial charge is 0.303 e. The van der Waals surface area contributed by atoms with Crippen molar-refractivity contribution in [3.63, 3.8) is 0 Å². The maximum atomic E-state index is 12.4. The minimum atomic E-state index is -0.457. The predicted octanol–water partition coefficient (Wildman–Crippen LogP) is 3.92. The zero-order valence-corrected chi connectivity index (χ0v) is 24.9. The van der Waals surface area contributed by atoms with Crippen LogP contribution in [0.25, 0.3) is 0 Å². The minimum absolute atomic E-state index is 0.0336. The summed E-state index contributed by atoms with van der Waals surface area (Å²) in [7, 11) is 0. The van der Waals surface area contributed by atoms with Crippen molar-refractivity contribution in [1.29, 1.82) is 0 Å². The molecule has 8 atom stereocenters. The molecule has 3 rings (SSSR count). The maximum absolute atomic E-state index is 12.4. The Labute approximate surface area is 239 Å². The Hall–Kier alpha value is -2.49. The van der Waals surface area contributed by atoms with Gasteiger partial charge in [0.25, 0.3) is 0 Å². The lowest BCUT2D eigenvalue weighted by atomic mass is 9.88. The number of nitrogens with one attached hydrogen (secondary N) is 2. The molecule has 0 aliphatic carbocycles. The van der Waals surface area contributed by atoms with Gasteiger partial charge in [0.2, 0.25) is 11.8 Å². The summed E-state index contributed by atoms with van der Waals surface area (Å²) in [5.41, 5.74) is 0.993. The number of hydrogen-bond acceptors (Lipinski definition) is 7. The van der Waals surface area contributed by atoms with Crippen LogP contribution in [0, 0.1) is 5.92 Å². The van der Waals surface area contributed by atoms with Gasteiger partial charge in [-0.3, -0.25) is 14.4 Å². The van der Waals surface area contributed by atoms with Crippen LogP contribution in [-0.2, 0) is 33.3 Å². The Morgan fingerprint density at radius 3 is 2.55 bits per heavy atom. The van der Waals surface area contributed by atoms with E-state index in [0.29, 0.717) is 13.0 Å². The SMILES string of the molecule is CCCNC(=O)C[C@@H]1C[C@@]2(CO2)C[C@@H](/C=C/C(C)=C/CC2O[C@H](C)[C@H](NC(=O)/C=C\[C@H](C)OC(C)=O)CC2C)O1. The fourth-order valence-electron chi connectivity index (χ4n) is 5.42. The Morgan fingerprint density at radius 2 is 1.88 bits per heavy atom. The number of ether oxygens (including phenoxy) is 4. The molecule has 3 heterocycles. The highest BCUT2D eigenvalue weighted by atomic mass is 16.6. The van der Waals surface area contributed by atoms with Crippen LogP contribution in [0.1, 0.15) is 80.1 Å². The lowest BCUT2D eigenvalue weighted by molar-refractivity contribution is -0.143. The van der Waals surface area contributed by atoms with E-state index in [4.69, 9.17) is 18.9 Å². The highest BCUT2D eigenvalue weighted by molar-refractivity contribution is 5.87. The first-order chi connectivity index (χ1) is 19.0. The first-order valence-electron chi connectivity index (χ1n) is 14.7. The molecular formula is C31H48N2O7. The van der Waals surface area contributed by atoms with Gasteiger partial charge in [-0.25, -0.2) is 0 Å². The van der Waals surface area contributed by atoms with Gasteiger partial charge in [0.15, 0.2) is 0 Å². The third-order valence-electron chi connectivity index (χ3n) is 7.74. The summed E-state index contributed by atoms with van der Waals surface area (Å²) in [5, 5.41) is 5.96. The summed E-state index contributed by atoms with van der Waals surface area (Å²) in [6.07, 6.45) is 13.1. The van der Waals surface area contributed by atoms with Gasteiger partial charge in [0.1, 0.15) is 6.10 Å². The average Bonchev–Trinajstić information content (AvgIpc) is 3.62. The van der Waals surface area contributed by atoms with Crippen molar-refractivity contribution in [2.45, 2.75) is 122 Å². The van der Waals surface area contributed by atoms with Gasteiger partial charge in [-0.2, -0.15) is 0 Å². The monoisotopic (exact) mass is 560 g/mol. The molecule has 0 aromatic heterocycles. The summed E-state index contributed by atoms with van der Waals surface area (Å²) < 4.78 is 23.3. The van der Waals surface area contributed by atoms with E-state index in [2.05, 4.69) is 42.7 Å². The van der Waals surface area contributed by atoms with Crippen LogP contribution in [0.5, 0.6) is 0 Å². The fraction of sp³-hybridized carbons (Fsp3) is 0.710. The van der Waals surface area contributed by atoms with Crippen LogP contribution in [-0.4, -0.2) is 73.1 Å². The quantitative estimate of drug-likeness (QED) is 0.161. The highest BCUT2D eigenvalue weighted by Crippen LogP contribution is 2.43. The number of esters is 1. The third-order valence-corrected chi connectivity index (χ3v) is 7.74. The van der Waals surface area contributed by atoms with Gasteiger partial charge in [-0.05, 0) is 52.0 Å². The molecule has 0 bridgehead atoms. The van der Waals surface area contributed by atoms with Gasteiger partial charge in [0.05, 0.1) is 49.1 Å². The van der Waals surface area contributed by atoms with Crippen LogP contribution in [0.15, 0.2) is 36.0 Å². The Morgan fingerprint density at radius 1 is 1.12 bits per heavy atom. The molecule has 3 aliphatic rings. The van der Waals surface area contributed by atoms with E-state index in [9.17, 15) is 14.4 Å². The molecule has 40 heavy (non-hydrogen) atoms. The fourth-order valence-corrected chi connectivity index (χ4v) is 5.42. The highest BCUT2D eigenvalue weighted by Gasteiger charge is 2.51. The van der Waals surface area contributed by atoms with Gasteiger partial charge < -0.3 is 29.6 Å². The molecule has 3 saturated heterocycles. The zero-order valence-electron chi connectivity index (χ0n) is 24.9. The molecule has 1 spiro atoms. The first-order valence-corrected chi connectivity index (χ1v) is 14.7. The summed E-state index contributed by atoms with van der Waals surface area (Å²) in [6, 6.07) is -0.0881. The molecule has 0 aromatic carbocycles. The van der Waals surface area contributed by atoms with Crippen molar-refractivity contribution < 1.29 is 33.3 Å². The molecule has 9 heteroatoms. The molecule has 0 radical (unpaired) electrons. The molecule has 2 unspecified atom stereocenters. The maximum Gasteiger partial charge on any atom is 0.303 e. The second kappa shape index (κ2) is 14.9. The number of allylic oxidation sites excluding steroid dienone is 2. The van der Waals surface area contributed by atoms with Crippen molar-refractivity contribution >= 4 is 17.8 Å². The average molecular weight is 561 g/mol. The van der Waals surface area contributed by atoms with E-state index < -0.39 is 6.10 Å². The largest absolute Gasteiger partial charge is 0.459 e. The van der Waals surface area contributed by atoms with Crippen molar-refractivity contribution in [3.05, 3.63) is 36.0 Å². The van der Waals surface area contributed by atoms with Crippen LogP contribution >= 0.6 is 0 Å². The lowest BCUT2D eigenvalue weighted by Crippen LogP contribution is -2.50. The molecule has 224 valence electrons. The number of carbonyl (C=O) groups is 3. The van der Waals surface area contributed by atoms with Crippen molar-refractivity contribution in [1.82, 2.24) is 10.6 Å². The second-order valence-corrected chi connectivity index (χ2v) is 11.7. The molecule has 0 saturated carbocycles. The van der Waals surface area contributed by atoms with Crippen molar-refractivity contribution in [2.75, 3.05) is 13.2 Å². The zero-order chi connectivity index (χ0) is 29.3. The minimum Gasteiger partial charge on any atom is -0.459 e. The standard InChI is InChI=1S/C31H48N2O7/c1-7-14-32-30(36)16-26-18-31(19-37-31)17-25(40-26)11-8-20(2)9-12-28-21(3)15-27(23(5)39-28)33-29(35)13-10-22(4)38-24(6)34/h8-11,13,21-23,25-28H,7,12,14-19H2,1-6H3,(H,32,36)(H,33,35)/b11-8+,13-10-,20-9+/t21?,22-,23+,25+,26+,27+,28?,31+/m0/s1. The van der Waals surface area contributed by atoms with Gasteiger partial charge in [0, 0.05) is 32.4 Å². The number of hydrogen-bond donors (Lipinski definition) is 2. The number of amides is 2. The van der Waals surface area contributed by atoms with E-state index >= 15 is 0 Å². The molecule has 9 nitrogen and oxygen atoms in total. The molecular weight excluding hydrogens is 512 g/mol. The second-order valence-electron chi connectivity index (χ2n) is 11.7. The van der Waals surface area contributed by atoms with Crippen molar-refractivity contribution in [3.8, 4) is 0 Å².